The van der Waals surface area contributed by atoms with Crippen LogP contribution in [0.3, 0.4) is 0 Å². The molecule has 0 N–H and O–H groups in total. The molecule has 0 nitrogen and oxygen atoms in total. The van der Waals surface area contributed by atoms with Gasteiger partial charge >= 0.3 is 0 Å². The average molecular weight is 241 g/mol. The molecule has 3 rings (SSSR count). The maximum absolute atomic E-state index is 6.61. The highest BCUT2D eigenvalue weighted by Crippen LogP contribution is 2.39. The van der Waals surface area contributed by atoms with Gasteiger partial charge in [-0.3, -0.25) is 0 Å². The monoisotopic (exact) mass is 240 g/mol. The summed E-state index contributed by atoms with van der Waals surface area (Å²) in [4.78, 5) is 0. The Morgan fingerprint density at radius 3 is 2.35 bits per heavy atom. The van der Waals surface area contributed by atoms with E-state index in [1.165, 1.54) is 27.8 Å². The van der Waals surface area contributed by atoms with E-state index in [1.807, 2.05) is 6.07 Å². The fraction of sp³-hybridized carbons (Fsp3) is 0.125. The molecule has 0 amide bonds. The first-order valence-corrected chi connectivity index (χ1v) is 6.21. The maximum Gasteiger partial charge on any atom is 0.0847 e. The number of alkyl halides is 1. The van der Waals surface area contributed by atoms with E-state index in [9.17, 15) is 0 Å². The Morgan fingerprint density at radius 1 is 0.882 bits per heavy atom. The van der Waals surface area contributed by atoms with Crippen LogP contribution in [0.15, 0.2) is 48.5 Å². The van der Waals surface area contributed by atoms with Gasteiger partial charge < -0.3 is 0 Å². The fourth-order valence-electron chi connectivity index (χ4n) is 2.43. The molecule has 0 saturated heterocycles. The van der Waals surface area contributed by atoms with E-state index in [4.69, 9.17) is 11.6 Å². The smallest absolute Gasteiger partial charge is 0.0847 e. The molecule has 0 aromatic heterocycles. The number of halogens is 1. The van der Waals surface area contributed by atoms with E-state index in [-0.39, 0.29) is 5.38 Å². The molecule has 1 heteroatoms. The summed E-state index contributed by atoms with van der Waals surface area (Å²) < 4.78 is 0. The van der Waals surface area contributed by atoms with E-state index in [0.29, 0.717) is 0 Å². The van der Waals surface area contributed by atoms with Gasteiger partial charge in [-0.2, -0.15) is 0 Å². The second kappa shape index (κ2) is 4.05. The molecule has 1 aliphatic carbocycles. The number of hydrogen-bond acceptors (Lipinski definition) is 0. The van der Waals surface area contributed by atoms with Crippen LogP contribution in [-0.4, -0.2) is 0 Å². The summed E-state index contributed by atoms with van der Waals surface area (Å²) in [5.41, 5.74) is 6.15. The van der Waals surface area contributed by atoms with Gasteiger partial charge in [-0.25, -0.2) is 0 Å². The molecular weight excluding hydrogens is 228 g/mol. The van der Waals surface area contributed by atoms with Gasteiger partial charge in [-0.15, -0.1) is 11.6 Å². The lowest BCUT2D eigenvalue weighted by molar-refractivity contribution is 1.13. The van der Waals surface area contributed by atoms with Gasteiger partial charge in [0.2, 0.25) is 0 Å². The zero-order valence-electron chi connectivity index (χ0n) is 9.65. The van der Waals surface area contributed by atoms with E-state index in [2.05, 4.69) is 55.5 Å². The van der Waals surface area contributed by atoms with Crippen LogP contribution >= 0.6 is 11.6 Å². The van der Waals surface area contributed by atoms with Gasteiger partial charge in [0.05, 0.1) is 5.38 Å². The number of rotatable bonds is 0. The highest BCUT2D eigenvalue weighted by atomic mass is 35.5. The predicted molar refractivity (Wildman–Crippen MR) is 74.1 cm³/mol. The molecule has 0 spiro atoms. The van der Waals surface area contributed by atoms with Gasteiger partial charge in [0.15, 0.2) is 0 Å². The first-order chi connectivity index (χ1) is 8.27. The molecule has 0 radical (unpaired) electrons. The molecule has 1 atom stereocenters. The molecule has 2 aromatic rings. The Bertz CT molecular complexity index is 596. The molecular formula is C16H13Cl. The topological polar surface area (TPSA) is 0 Å². The van der Waals surface area contributed by atoms with E-state index < -0.39 is 0 Å². The van der Waals surface area contributed by atoms with Gasteiger partial charge in [0.25, 0.3) is 0 Å². The summed E-state index contributed by atoms with van der Waals surface area (Å²) in [7, 11) is 0. The van der Waals surface area contributed by atoms with Crippen LogP contribution in [0, 0.1) is 0 Å². The zero-order valence-corrected chi connectivity index (χ0v) is 10.4. The van der Waals surface area contributed by atoms with Crippen molar-refractivity contribution < 1.29 is 0 Å². The van der Waals surface area contributed by atoms with Crippen LogP contribution in [0.2, 0.25) is 0 Å². The third kappa shape index (κ3) is 1.69. The number of allylic oxidation sites excluding steroid dienone is 1. The summed E-state index contributed by atoms with van der Waals surface area (Å²) in [6.45, 7) is 2.14. The van der Waals surface area contributed by atoms with Crippen LogP contribution in [0.1, 0.15) is 34.6 Å². The summed E-state index contributed by atoms with van der Waals surface area (Å²) >= 11 is 6.61. The highest BCUT2D eigenvalue weighted by molar-refractivity contribution is 6.23. The number of fused-ring (bicyclic) bond motifs is 2. The fourth-order valence-corrected chi connectivity index (χ4v) is 2.82. The summed E-state index contributed by atoms with van der Waals surface area (Å²) in [5, 5.41) is -0.0592. The lowest BCUT2D eigenvalue weighted by Crippen LogP contribution is -1.96. The minimum Gasteiger partial charge on any atom is -0.113 e. The molecule has 17 heavy (non-hydrogen) atoms. The van der Waals surface area contributed by atoms with Crippen LogP contribution in [0.25, 0.3) is 11.6 Å². The number of hydrogen-bond donors (Lipinski definition) is 0. The first-order valence-electron chi connectivity index (χ1n) is 5.78. The lowest BCUT2D eigenvalue weighted by atomic mass is 9.98. The van der Waals surface area contributed by atoms with Crippen molar-refractivity contribution in [1.82, 2.24) is 0 Å². The van der Waals surface area contributed by atoms with Crippen molar-refractivity contribution in [3.8, 4) is 0 Å². The molecule has 0 fully saturated rings. The van der Waals surface area contributed by atoms with E-state index >= 15 is 0 Å². The van der Waals surface area contributed by atoms with Crippen molar-refractivity contribution in [2.45, 2.75) is 12.3 Å². The molecule has 0 saturated carbocycles. The normalized spacial score (nSPS) is 17.8. The zero-order chi connectivity index (χ0) is 11.8. The van der Waals surface area contributed by atoms with Gasteiger partial charge in [0, 0.05) is 0 Å². The minimum atomic E-state index is -0.0592. The van der Waals surface area contributed by atoms with Crippen molar-refractivity contribution >= 4 is 23.3 Å². The standard InChI is InChI=1S/C16H13Cl/c1-11-10-12-6-2-3-8-14(12)16(17)15-9-5-4-7-13(11)15/h2-10,16H,1H3. The van der Waals surface area contributed by atoms with Crippen LogP contribution in [-0.2, 0) is 0 Å². The third-order valence-electron chi connectivity index (χ3n) is 3.30. The van der Waals surface area contributed by atoms with Crippen molar-refractivity contribution in [2.24, 2.45) is 0 Å². The second-order valence-corrected chi connectivity index (χ2v) is 4.84. The second-order valence-electron chi connectivity index (χ2n) is 4.41. The minimum absolute atomic E-state index is 0.0592. The van der Waals surface area contributed by atoms with Gasteiger partial charge in [-0.1, -0.05) is 54.6 Å². The third-order valence-corrected chi connectivity index (χ3v) is 3.77. The van der Waals surface area contributed by atoms with Gasteiger partial charge in [-0.05, 0) is 34.8 Å². The van der Waals surface area contributed by atoms with E-state index in [0.717, 1.165) is 0 Å². The van der Waals surface area contributed by atoms with Crippen molar-refractivity contribution in [3.63, 3.8) is 0 Å². The SMILES string of the molecule is CC1=Cc2ccccc2C(Cl)c2ccccc21. The summed E-state index contributed by atoms with van der Waals surface area (Å²) in [5.74, 6) is 0. The Kier molecular flexibility index (Phi) is 2.53. The first kappa shape index (κ1) is 10.6. The molecule has 84 valence electrons. The molecule has 2 aromatic carbocycles. The van der Waals surface area contributed by atoms with Crippen LogP contribution in [0.5, 0.6) is 0 Å². The largest absolute Gasteiger partial charge is 0.113 e. The van der Waals surface area contributed by atoms with Crippen molar-refractivity contribution in [1.29, 1.82) is 0 Å². The molecule has 0 heterocycles. The highest BCUT2D eigenvalue weighted by Gasteiger charge is 2.20. The Balaban J connectivity index is 2.32. The lowest BCUT2D eigenvalue weighted by Gasteiger charge is -2.13. The molecule has 1 unspecified atom stereocenters. The van der Waals surface area contributed by atoms with Crippen molar-refractivity contribution in [3.05, 3.63) is 70.8 Å². The molecule has 0 aliphatic heterocycles. The molecule has 1 aliphatic rings. The quantitative estimate of drug-likeness (QED) is 0.575. The Hall–Kier alpha value is -1.53. The molecule has 0 bridgehead atoms. The van der Waals surface area contributed by atoms with Crippen molar-refractivity contribution in [2.75, 3.05) is 0 Å². The average Bonchev–Trinajstić information content (AvgIpc) is 2.48. The summed E-state index contributed by atoms with van der Waals surface area (Å²) in [6.07, 6.45) is 2.22. The van der Waals surface area contributed by atoms with Crippen LogP contribution < -0.4 is 0 Å². The number of benzene rings is 2. The maximum atomic E-state index is 6.61. The van der Waals surface area contributed by atoms with Crippen LogP contribution in [0.4, 0.5) is 0 Å². The summed E-state index contributed by atoms with van der Waals surface area (Å²) in [6, 6.07) is 16.7. The van der Waals surface area contributed by atoms with E-state index in [1.54, 1.807) is 0 Å². The predicted octanol–water partition coefficient (Wildman–Crippen LogP) is 4.89. The Labute approximate surface area is 107 Å². The Morgan fingerprint density at radius 2 is 1.53 bits per heavy atom. The van der Waals surface area contributed by atoms with Gasteiger partial charge in [0.1, 0.15) is 0 Å².